The molecule has 7 heteroatoms. The Balaban J connectivity index is 3.09. The van der Waals surface area contributed by atoms with Gasteiger partial charge in [-0.15, -0.1) is 0 Å². The molecule has 0 radical (unpaired) electrons. The number of carbonyl (C=O) groups excluding carboxylic acids is 1. The maximum absolute atomic E-state index is 12.3. The maximum Gasteiger partial charge on any atom is 0.234 e. The average Bonchev–Trinajstić information content (AvgIpc) is 2.38. The number of amides is 1. The molecule has 1 atom stereocenters. The molecule has 1 aromatic rings. The molecule has 0 bridgehead atoms. The molecule has 0 spiro atoms. The summed E-state index contributed by atoms with van der Waals surface area (Å²) < 4.78 is 10.3. The Kier molecular flexibility index (Phi) is 6.23. The highest BCUT2D eigenvalue weighted by Gasteiger charge is 2.26. The Labute approximate surface area is 134 Å². The van der Waals surface area contributed by atoms with Crippen molar-refractivity contribution >= 4 is 40.4 Å². The molecule has 0 fully saturated rings. The topological polar surface area (TPSA) is 73.6 Å². The quantitative estimate of drug-likeness (QED) is 0.785. The summed E-state index contributed by atoms with van der Waals surface area (Å²) in [4.78, 5) is 12.5. The van der Waals surface area contributed by atoms with E-state index in [-0.39, 0.29) is 16.8 Å². The van der Waals surface area contributed by atoms with E-state index in [1.54, 1.807) is 12.1 Å². The number of halogens is 1. The van der Waals surface area contributed by atoms with Crippen molar-refractivity contribution in [1.82, 2.24) is 0 Å². The highest BCUT2D eigenvalue weighted by atomic mass is 35.5. The molecule has 0 aromatic heterocycles. The molecule has 0 saturated heterocycles. The van der Waals surface area contributed by atoms with Crippen LogP contribution < -0.4 is 20.5 Å². The first-order chi connectivity index (χ1) is 9.81. The summed E-state index contributed by atoms with van der Waals surface area (Å²) in [6, 6.07) is 3.16. The lowest BCUT2D eigenvalue weighted by Crippen LogP contribution is -2.36. The summed E-state index contributed by atoms with van der Waals surface area (Å²) in [7, 11) is 2.99. The monoisotopic (exact) mass is 330 g/mol. The second-order valence-corrected chi connectivity index (χ2v) is 5.68. The Morgan fingerprint density at radius 2 is 1.86 bits per heavy atom. The first kappa shape index (κ1) is 17.5. The molecule has 1 unspecified atom stereocenters. The zero-order valence-electron chi connectivity index (χ0n) is 12.4. The number of nitrogens with two attached hydrogens (primary N) is 1. The van der Waals surface area contributed by atoms with Gasteiger partial charge >= 0.3 is 0 Å². The van der Waals surface area contributed by atoms with Crippen LogP contribution in [0.1, 0.15) is 13.8 Å². The normalized spacial score (nSPS) is 11.9. The molecule has 0 aliphatic carbocycles. The Morgan fingerprint density at radius 3 is 2.29 bits per heavy atom. The lowest BCUT2D eigenvalue weighted by atomic mass is 9.95. The van der Waals surface area contributed by atoms with Crippen molar-refractivity contribution in [2.24, 2.45) is 17.6 Å². The predicted molar refractivity (Wildman–Crippen MR) is 88.3 cm³/mol. The maximum atomic E-state index is 12.3. The molecule has 116 valence electrons. The van der Waals surface area contributed by atoms with E-state index in [9.17, 15) is 4.79 Å². The van der Waals surface area contributed by atoms with Crippen LogP contribution in [-0.2, 0) is 4.79 Å². The van der Waals surface area contributed by atoms with Crippen LogP contribution in [0.5, 0.6) is 11.5 Å². The SMILES string of the molecule is COc1cc(OC)c(NC(=O)C(C(N)=S)C(C)C)cc1Cl. The molecule has 0 heterocycles. The first-order valence-electron chi connectivity index (χ1n) is 6.33. The van der Waals surface area contributed by atoms with E-state index in [2.05, 4.69) is 5.32 Å². The molecular formula is C14H19ClN2O3S. The molecule has 0 aliphatic rings. The molecule has 1 aromatic carbocycles. The van der Waals surface area contributed by atoms with E-state index in [1.165, 1.54) is 14.2 Å². The summed E-state index contributed by atoms with van der Waals surface area (Å²) in [6.45, 7) is 3.75. The number of methoxy groups -OCH3 is 2. The average molecular weight is 331 g/mol. The molecule has 1 amide bonds. The first-order valence-corrected chi connectivity index (χ1v) is 7.12. The van der Waals surface area contributed by atoms with Crippen molar-refractivity contribution in [2.75, 3.05) is 19.5 Å². The van der Waals surface area contributed by atoms with Crippen LogP contribution in [0.25, 0.3) is 0 Å². The largest absolute Gasteiger partial charge is 0.495 e. The van der Waals surface area contributed by atoms with Gasteiger partial charge in [-0.05, 0) is 12.0 Å². The van der Waals surface area contributed by atoms with Gasteiger partial charge in [0.25, 0.3) is 0 Å². The molecule has 5 nitrogen and oxygen atoms in total. The highest BCUT2D eigenvalue weighted by Crippen LogP contribution is 2.36. The van der Waals surface area contributed by atoms with E-state index in [0.717, 1.165) is 0 Å². The fourth-order valence-electron chi connectivity index (χ4n) is 1.93. The Bertz CT molecular complexity index is 549. The van der Waals surface area contributed by atoms with Gasteiger partial charge in [-0.2, -0.15) is 0 Å². The van der Waals surface area contributed by atoms with Gasteiger partial charge in [0.05, 0.1) is 35.8 Å². The van der Waals surface area contributed by atoms with Gasteiger partial charge in [-0.3, -0.25) is 4.79 Å². The van der Waals surface area contributed by atoms with Crippen molar-refractivity contribution < 1.29 is 14.3 Å². The van der Waals surface area contributed by atoms with E-state index in [4.69, 9.17) is 39.0 Å². The third-order valence-electron chi connectivity index (χ3n) is 2.99. The van der Waals surface area contributed by atoms with Crippen LogP contribution in [0.4, 0.5) is 5.69 Å². The minimum Gasteiger partial charge on any atom is -0.495 e. The summed E-state index contributed by atoms with van der Waals surface area (Å²) >= 11 is 11.0. The Hall–Kier alpha value is -1.53. The van der Waals surface area contributed by atoms with Crippen LogP contribution in [0.15, 0.2) is 12.1 Å². The number of benzene rings is 1. The summed E-state index contributed by atoms with van der Waals surface area (Å²) in [6.07, 6.45) is 0. The van der Waals surface area contributed by atoms with Crippen molar-refractivity contribution in [3.05, 3.63) is 17.2 Å². The number of hydrogen-bond acceptors (Lipinski definition) is 4. The van der Waals surface area contributed by atoms with E-state index >= 15 is 0 Å². The van der Waals surface area contributed by atoms with Crippen LogP contribution in [0.2, 0.25) is 5.02 Å². The predicted octanol–water partition coefficient (Wildman–Crippen LogP) is 2.85. The lowest BCUT2D eigenvalue weighted by molar-refractivity contribution is -0.118. The summed E-state index contributed by atoms with van der Waals surface area (Å²) in [5.41, 5.74) is 6.07. The third kappa shape index (κ3) is 4.22. The summed E-state index contributed by atoms with van der Waals surface area (Å²) in [5, 5.41) is 3.11. The number of hydrogen-bond donors (Lipinski definition) is 2. The van der Waals surface area contributed by atoms with Gasteiger partial charge in [0.1, 0.15) is 11.5 Å². The van der Waals surface area contributed by atoms with Gasteiger partial charge in [0.2, 0.25) is 5.91 Å². The van der Waals surface area contributed by atoms with Gasteiger partial charge in [-0.25, -0.2) is 0 Å². The van der Waals surface area contributed by atoms with Crippen LogP contribution in [-0.4, -0.2) is 25.1 Å². The van der Waals surface area contributed by atoms with Crippen molar-refractivity contribution in [3.8, 4) is 11.5 Å². The van der Waals surface area contributed by atoms with Crippen LogP contribution in [0.3, 0.4) is 0 Å². The van der Waals surface area contributed by atoms with Crippen molar-refractivity contribution in [2.45, 2.75) is 13.8 Å². The van der Waals surface area contributed by atoms with Gasteiger partial charge < -0.3 is 20.5 Å². The van der Waals surface area contributed by atoms with Gasteiger partial charge in [-0.1, -0.05) is 37.7 Å². The number of nitrogens with one attached hydrogen (secondary N) is 1. The van der Waals surface area contributed by atoms with Gasteiger partial charge in [0, 0.05) is 6.07 Å². The highest BCUT2D eigenvalue weighted by molar-refractivity contribution is 7.80. The van der Waals surface area contributed by atoms with Crippen molar-refractivity contribution in [1.29, 1.82) is 0 Å². The molecule has 0 aliphatic heterocycles. The van der Waals surface area contributed by atoms with E-state index in [0.29, 0.717) is 22.2 Å². The number of anilines is 1. The number of thiocarbonyl (C=S) groups is 1. The second kappa shape index (κ2) is 7.47. The molecule has 3 N–H and O–H groups in total. The Morgan fingerprint density at radius 1 is 1.29 bits per heavy atom. The standard InChI is InChI=1S/C14H19ClN2O3S/c1-7(2)12(13(16)21)14(18)17-9-5-8(15)10(19-3)6-11(9)20-4/h5-7,12H,1-4H3,(H2,16,21)(H,17,18). The number of ether oxygens (including phenoxy) is 2. The minimum atomic E-state index is -0.564. The smallest absolute Gasteiger partial charge is 0.234 e. The van der Waals surface area contributed by atoms with E-state index < -0.39 is 5.92 Å². The lowest BCUT2D eigenvalue weighted by Gasteiger charge is -2.20. The molecule has 1 rings (SSSR count). The van der Waals surface area contributed by atoms with Crippen LogP contribution >= 0.6 is 23.8 Å². The number of carbonyl (C=O) groups is 1. The van der Waals surface area contributed by atoms with Crippen LogP contribution in [0, 0.1) is 11.8 Å². The fourth-order valence-corrected chi connectivity index (χ4v) is 2.55. The molecule has 0 saturated carbocycles. The fraction of sp³-hybridized carbons (Fsp3) is 0.429. The summed E-state index contributed by atoms with van der Waals surface area (Å²) in [5.74, 6) is 0.0288. The molecular weight excluding hydrogens is 312 g/mol. The van der Waals surface area contributed by atoms with Gasteiger partial charge in [0.15, 0.2) is 0 Å². The van der Waals surface area contributed by atoms with E-state index in [1.807, 2.05) is 13.8 Å². The minimum absolute atomic E-state index is 0.0118. The third-order valence-corrected chi connectivity index (χ3v) is 3.54. The molecule has 21 heavy (non-hydrogen) atoms. The zero-order chi connectivity index (χ0) is 16.2. The zero-order valence-corrected chi connectivity index (χ0v) is 14.0. The second-order valence-electron chi connectivity index (χ2n) is 4.80. The number of rotatable bonds is 6. The van der Waals surface area contributed by atoms with Crippen molar-refractivity contribution in [3.63, 3.8) is 0 Å².